The molecular formula is C24H24BrN3O9. The van der Waals surface area contributed by atoms with E-state index in [4.69, 9.17) is 18.6 Å². The summed E-state index contributed by atoms with van der Waals surface area (Å²) in [4.78, 5) is 52.4. The van der Waals surface area contributed by atoms with Gasteiger partial charge in [0, 0.05) is 23.1 Å². The summed E-state index contributed by atoms with van der Waals surface area (Å²) in [6, 6.07) is 5.53. The summed E-state index contributed by atoms with van der Waals surface area (Å²) in [6.07, 6.45) is 1.43. The molecular weight excluding hydrogens is 554 g/mol. The van der Waals surface area contributed by atoms with Crippen LogP contribution in [0.2, 0.25) is 0 Å². The number of esters is 1. The molecule has 0 aliphatic carbocycles. The number of nitrogens with zero attached hydrogens (tertiary/aromatic N) is 2. The average Bonchev–Trinajstić information content (AvgIpc) is 3.48. The van der Waals surface area contributed by atoms with Crippen molar-refractivity contribution in [3.63, 3.8) is 0 Å². The number of amides is 4. The maximum absolute atomic E-state index is 13.0. The van der Waals surface area contributed by atoms with E-state index in [1.54, 1.807) is 17.0 Å². The molecule has 2 saturated heterocycles. The SMILES string of the molecule is COC(=O)c1ccc(CN2C(=O)N/C(=C/c3cc(Br)cc(OC)c3OCC(=O)N3CCOCC3)C2=O)o1. The predicted octanol–water partition coefficient (Wildman–Crippen LogP) is 2.17. The van der Waals surface area contributed by atoms with Crippen LogP contribution in [-0.4, -0.2) is 80.7 Å². The maximum atomic E-state index is 13.0. The monoisotopic (exact) mass is 577 g/mol. The molecule has 37 heavy (non-hydrogen) atoms. The number of carbonyl (C=O) groups is 4. The zero-order chi connectivity index (χ0) is 26.5. The van der Waals surface area contributed by atoms with E-state index in [0.29, 0.717) is 42.1 Å². The highest BCUT2D eigenvalue weighted by Crippen LogP contribution is 2.36. The van der Waals surface area contributed by atoms with Crippen LogP contribution < -0.4 is 14.8 Å². The Kier molecular flexibility index (Phi) is 8.14. The number of urea groups is 1. The van der Waals surface area contributed by atoms with Crippen LogP contribution in [0.1, 0.15) is 21.9 Å². The fourth-order valence-electron chi connectivity index (χ4n) is 3.74. The van der Waals surface area contributed by atoms with Crippen LogP contribution >= 0.6 is 15.9 Å². The minimum absolute atomic E-state index is 0.0192. The van der Waals surface area contributed by atoms with Crippen molar-refractivity contribution in [3.05, 3.63) is 51.5 Å². The standard InChI is InChI=1S/C24H24BrN3O9/c1-33-19-11-15(25)9-14(21(19)36-13-20(29)27-5-7-35-8-6-27)10-17-22(30)28(24(32)26-17)12-16-3-4-18(37-16)23(31)34-2/h3-4,9-11H,5-8,12-13H2,1-2H3,(H,26,32)/b17-10+. The largest absolute Gasteiger partial charge is 0.493 e. The van der Waals surface area contributed by atoms with Gasteiger partial charge in [-0.1, -0.05) is 15.9 Å². The van der Waals surface area contributed by atoms with Crippen LogP contribution in [0, 0.1) is 0 Å². The molecule has 1 aromatic heterocycles. The Labute approximate surface area is 220 Å². The highest BCUT2D eigenvalue weighted by Gasteiger charge is 2.35. The Bertz CT molecular complexity index is 1250. The van der Waals surface area contributed by atoms with Gasteiger partial charge in [0.2, 0.25) is 5.76 Å². The lowest BCUT2D eigenvalue weighted by Crippen LogP contribution is -2.43. The third-order valence-electron chi connectivity index (χ3n) is 5.60. The Morgan fingerprint density at radius 1 is 1.16 bits per heavy atom. The van der Waals surface area contributed by atoms with E-state index in [-0.39, 0.29) is 42.0 Å². The van der Waals surface area contributed by atoms with Crippen LogP contribution in [0.25, 0.3) is 6.08 Å². The van der Waals surface area contributed by atoms with Gasteiger partial charge in [-0.15, -0.1) is 0 Å². The number of morpholine rings is 1. The Morgan fingerprint density at radius 3 is 2.62 bits per heavy atom. The fourth-order valence-corrected chi connectivity index (χ4v) is 4.19. The summed E-state index contributed by atoms with van der Waals surface area (Å²) in [5, 5.41) is 2.53. The Hall–Kier alpha value is -3.84. The van der Waals surface area contributed by atoms with Gasteiger partial charge in [0.25, 0.3) is 11.8 Å². The average molecular weight is 578 g/mol. The second kappa shape index (κ2) is 11.5. The molecule has 2 aromatic rings. The smallest absolute Gasteiger partial charge is 0.373 e. The molecule has 13 heteroatoms. The van der Waals surface area contributed by atoms with Crippen molar-refractivity contribution in [3.8, 4) is 11.5 Å². The Balaban J connectivity index is 1.54. The van der Waals surface area contributed by atoms with Crippen molar-refractivity contribution < 1.29 is 42.5 Å². The summed E-state index contributed by atoms with van der Waals surface area (Å²) < 4.78 is 27.1. The molecule has 12 nitrogen and oxygen atoms in total. The molecule has 0 atom stereocenters. The molecule has 0 radical (unpaired) electrons. The number of furan rings is 1. The molecule has 0 saturated carbocycles. The summed E-state index contributed by atoms with van der Waals surface area (Å²) in [6.45, 7) is 1.43. The van der Waals surface area contributed by atoms with Crippen LogP contribution in [0.3, 0.4) is 0 Å². The zero-order valence-electron chi connectivity index (χ0n) is 20.1. The lowest BCUT2D eigenvalue weighted by Gasteiger charge is -2.27. The van der Waals surface area contributed by atoms with Gasteiger partial charge in [-0.25, -0.2) is 9.59 Å². The topological polar surface area (TPSA) is 137 Å². The third kappa shape index (κ3) is 5.94. The summed E-state index contributed by atoms with van der Waals surface area (Å²) >= 11 is 3.40. The summed E-state index contributed by atoms with van der Waals surface area (Å²) in [5.74, 6) is -0.768. The van der Waals surface area contributed by atoms with Crippen LogP contribution in [-0.2, 0) is 25.6 Å². The fraction of sp³-hybridized carbons (Fsp3) is 0.333. The third-order valence-corrected chi connectivity index (χ3v) is 6.05. The lowest BCUT2D eigenvalue weighted by atomic mass is 10.1. The first-order chi connectivity index (χ1) is 17.8. The van der Waals surface area contributed by atoms with Crippen molar-refractivity contribution in [2.45, 2.75) is 6.54 Å². The number of halogens is 1. The van der Waals surface area contributed by atoms with Crippen LogP contribution in [0.4, 0.5) is 4.79 Å². The number of hydrogen-bond donors (Lipinski definition) is 1. The molecule has 196 valence electrons. The van der Waals surface area contributed by atoms with E-state index in [9.17, 15) is 19.2 Å². The first kappa shape index (κ1) is 26.2. The second-order valence-electron chi connectivity index (χ2n) is 7.95. The number of nitrogens with one attached hydrogen (secondary N) is 1. The van der Waals surface area contributed by atoms with Gasteiger partial charge in [0.05, 0.1) is 34.0 Å². The molecule has 4 rings (SSSR count). The number of ether oxygens (including phenoxy) is 4. The quantitative estimate of drug-likeness (QED) is 0.284. The highest BCUT2D eigenvalue weighted by atomic mass is 79.9. The van der Waals surface area contributed by atoms with Gasteiger partial charge in [-0.2, -0.15) is 0 Å². The van der Waals surface area contributed by atoms with E-state index in [0.717, 1.165) is 4.90 Å². The van der Waals surface area contributed by atoms with Gasteiger partial charge in [0.1, 0.15) is 11.5 Å². The number of benzene rings is 1. The minimum atomic E-state index is -0.674. The van der Waals surface area contributed by atoms with Gasteiger partial charge in [0.15, 0.2) is 18.1 Å². The molecule has 2 aliphatic rings. The predicted molar refractivity (Wildman–Crippen MR) is 131 cm³/mol. The van der Waals surface area contributed by atoms with E-state index >= 15 is 0 Å². The number of methoxy groups -OCH3 is 2. The number of rotatable bonds is 8. The second-order valence-corrected chi connectivity index (χ2v) is 8.86. The summed E-state index contributed by atoms with van der Waals surface area (Å²) in [5.41, 5.74) is 0.381. The minimum Gasteiger partial charge on any atom is -0.493 e. The van der Waals surface area contributed by atoms with E-state index in [1.165, 1.54) is 32.4 Å². The molecule has 1 N–H and O–H groups in total. The molecule has 1 aromatic carbocycles. The van der Waals surface area contributed by atoms with Crippen LogP contribution in [0.5, 0.6) is 11.5 Å². The van der Waals surface area contributed by atoms with Crippen molar-refractivity contribution in [2.75, 3.05) is 47.1 Å². The maximum Gasteiger partial charge on any atom is 0.373 e. The van der Waals surface area contributed by atoms with E-state index < -0.39 is 17.9 Å². The molecule has 3 heterocycles. The molecule has 0 spiro atoms. The Morgan fingerprint density at radius 2 is 1.92 bits per heavy atom. The number of carbonyl (C=O) groups excluding carboxylic acids is 4. The van der Waals surface area contributed by atoms with Crippen molar-refractivity contribution >= 4 is 45.8 Å². The molecule has 2 aliphatic heterocycles. The van der Waals surface area contributed by atoms with E-state index in [1.807, 2.05) is 0 Å². The first-order valence-corrected chi connectivity index (χ1v) is 12.0. The van der Waals surface area contributed by atoms with Crippen molar-refractivity contribution in [2.24, 2.45) is 0 Å². The highest BCUT2D eigenvalue weighted by molar-refractivity contribution is 9.10. The van der Waals surface area contributed by atoms with Gasteiger partial charge < -0.3 is 33.6 Å². The van der Waals surface area contributed by atoms with Crippen molar-refractivity contribution in [1.29, 1.82) is 0 Å². The number of hydrogen-bond acceptors (Lipinski definition) is 9. The molecule has 0 bridgehead atoms. The molecule has 4 amide bonds. The van der Waals surface area contributed by atoms with Crippen LogP contribution in [0.15, 0.2) is 38.9 Å². The van der Waals surface area contributed by atoms with Crippen molar-refractivity contribution in [1.82, 2.24) is 15.1 Å². The molecule has 2 fully saturated rings. The number of imide groups is 1. The summed E-state index contributed by atoms with van der Waals surface area (Å²) in [7, 11) is 2.66. The van der Waals surface area contributed by atoms with Gasteiger partial charge >= 0.3 is 12.0 Å². The van der Waals surface area contributed by atoms with Gasteiger partial charge in [-0.3, -0.25) is 14.5 Å². The van der Waals surface area contributed by atoms with Gasteiger partial charge in [-0.05, 0) is 30.3 Å². The first-order valence-electron chi connectivity index (χ1n) is 11.2. The normalized spacial score (nSPS) is 16.7. The van der Waals surface area contributed by atoms with E-state index in [2.05, 4.69) is 26.0 Å². The lowest BCUT2D eigenvalue weighted by molar-refractivity contribution is -0.137. The zero-order valence-corrected chi connectivity index (χ0v) is 21.7. The molecule has 0 unspecified atom stereocenters.